The average molecular weight is 283 g/mol. The predicted molar refractivity (Wildman–Crippen MR) is 85.9 cm³/mol. The Morgan fingerprint density at radius 1 is 1.24 bits per heavy atom. The van der Waals surface area contributed by atoms with E-state index in [4.69, 9.17) is 11.1 Å². The number of hydrogen-bond acceptors (Lipinski definition) is 3. The molecular formula is C16H21N5. The minimum atomic E-state index is -0.0451. The first kappa shape index (κ1) is 13.7. The summed E-state index contributed by atoms with van der Waals surface area (Å²) < 4.78 is 1.52. The van der Waals surface area contributed by atoms with Gasteiger partial charge in [-0.3, -0.25) is 5.41 Å². The van der Waals surface area contributed by atoms with Gasteiger partial charge in [-0.15, -0.1) is 0 Å². The third-order valence-electron chi connectivity index (χ3n) is 3.85. The van der Waals surface area contributed by atoms with Crippen LogP contribution in [-0.2, 0) is 6.42 Å². The lowest BCUT2D eigenvalue weighted by Crippen LogP contribution is -2.24. The van der Waals surface area contributed by atoms with Crippen LogP contribution in [0.15, 0.2) is 18.2 Å². The maximum absolute atomic E-state index is 7.75. The number of nitrogens with one attached hydrogen (secondary N) is 2. The maximum Gasteiger partial charge on any atom is 0.215 e. The molecule has 1 aromatic heterocycles. The van der Waals surface area contributed by atoms with E-state index in [-0.39, 0.29) is 5.96 Å². The first-order valence-corrected chi connectivity index (χ1v) is 7.35. The number of nitrogens with two attached hydrogens (primary N) is 1. The maximum atomic E-state index is 7.75. The molecule has 4 N–H and O–H groups in total. The van der Waals surface area contributed by atoms with Gasteiger partial charge in [-0.2, -0.15) is 9.78 Å². The number of aromatic nitrogens is 2. The fraction of sp³-hybridized carbons (Fsp3) is 0.375. The van der Waals surface area contributed by atoms with Crippen molar-refractivity contribution >= 4 is 11.8 Å². The topological polar surface area (TPSA) is 79.7 Å². The summed E-state index contributed by atoms with van der Waals surface area (Å²) in [6, 6.07) is 6.44. The van der Waals surface area contributed by atoms with Crippen LogP contribution in [0.5, 0.6) is 0 Å². The molecule has 0 aliphatic carbocycles. The number of aryl methyl sites for hydroxylation is 2. The van der Waals surface area contributed by atoms with Crippen LogP contribution in [0.1, 0.15) is 29.5 Å². The summed E-state index contributed by atoms with van der Waals surface area (Å²) in [6.45, 7) is 5.09. The number of rotatable bonds is 1. The molecule has 3 rings (SSSR count). The normalized spacial score (nSPS) is 14.2. The SMILES string of the molecule is Cc1cc(C)cc(-c2nn(C(=N)N)c3c2CCCCN3)c1. The zero-order valence-electron chi connectivity index (χ0n) is 12.5. The van der Waals surface area contributed by atoms with Gasteiger partial charge < -0.3 is 11.1 Å². The first-order chi connectivity index (χ1) is 10.1. The Hall–Kier alpha value is -2.30. The van der Waals surface area contributed by atoms with Gasteiger partial charge in [-0.05, 0) is 45.2 Å². The molecule has 0 radical (unpaired) electrons. The fourth-order valence-corrected chi connectivity index (χ4v) is 3.02. The highest BCUT2D eigenvalue weighted by atomic mass is 15.4. The molecule has 2 heterocycles. The van der Waals surface area contributed by atoms with Crippen LogP contribution >= 0.6 is 0 Å². The van der Waals surface area contributed by atoms with Gasteiger partial charge in [0.1, 0.15) is 5.82 Å². The smallest absolute Gasteiger partial charge is 0.215 e. The van der Waals surface area contributed by atoms with Crippen molar-refractivity contribution in [3.8, 4) is 11.3 Å². The van der Waals surface area contributed by atoms with E-state index >= 15 is 0 Å². The van der Waals surface area contributed by atoms with Crippen LogP contribution in [0.4, 0.5) is 5.82 Å². The van der Waals surface area contributed by atoms with Gasteiger partial charge in [0, 0.05) is 17.7 Å². The molecule has 0 amide bonds. The highest BCUT2D eigenvalue weighted by Crippen LogP contribution is 2.32. The van der Waals surface area contributed by atoms with Crippen LogP contribution in [0.25, 0.3) is 11.3 Å². The Morgan fingerprint density at radius 3 is 2.62 bits per heavy atom. The van der Waals surface area contributed by atoms with Crippen molar-refractivity contribution in [3.05, 3.63) is 34.9 Å². The Kier molecular flexibility index (Phi) is 3.41. The first-order valence-electron chi connectivity index (χ1n) is 7.35. The van der Waals surface area contributed by atoms with E-state index in [1.54, 1.807) is 0 Å². The summed E-state index contributed by atoms with van der Waals surface area (Å²) >= 11 is 0. The van der Waals surface area contributed by atoms with E-state index in [0.29, 0.717) is 0 Å². The molecule has 1 aliphatic heterocycles. The molecule has 0 spiro atoms. The molecule has 0 saturated carbocycles. The van der Waals surface area contributed by atoms with Crippen molar-refractivity contribution in [2.45, 2.75) is 33.1 Å². The van der Waals surface area contributed by atoms with Gasteiger partial charge in [-0.25, -0.2) is 0 Å². The second-order valence-electron chi connectivity index (χ2n) is 5.73. The van der Waals surface area contributed by atoms with Gasteiger partial charge in [0.05, 0.1) is 5.69 Å². The van der Waals surface area contributed by atoms with Crippen molar-refractivity contribution in [3.63, 3.8) is 0 Å². The average Bonchev–Trinajstić information content (AvgIpc) is 2.60. The van der Waals surface area contributed by atoms with Gasteiger partial charge >= 0.3 is 0 Å². The quantitative estimate of drug-likeness (QED) is 0.556. The third kappa shape index (κ3) is 2.51. The minimum absolute atomic E-state index is 0.0451. The van der Waals surface area contributed by atoms with Crippen LogP contribution in [0, 0.1) is 19.3 Å². The predicted octanol–water partition coefficient (Wildman–Crippen LogP) is 2.66. The zero-order valence-corrected chi connectivity index (χ0v) is 12.5. The van der Waals surface area contributed by atoms with E-state index in [2.05, 4.69) is 42.5 Å². The van der Waals surface area contributed by atoms with Crippen LogP contribution < -0.4 is 11.1 Å². The number of anilines is 1. The molecule has 0 fully saturated rings. The molecule has 0 saturated heterocycles. The molecule has 0 atom stereocenters. The van der Waals surface area contributed by atoms with E-state index in [0.717, 1.165) is 42.9 Å². The number of benzene rings is 1. The Labute approximate surface area is 124 Å². The van der Waals surface area contributed by atoms with Crippen LogP contribution in [-0.4, -0.2) is 22.3 Å². The van der Waals surface area contributed by atoms with E-state index in [1.807, 2.05) is 0 Å². The molecule has 0 bridgehead atoms. The van der Waals surface area contributed by atoms with E-state index in [1.165, 1.54) is 21.4 Å². The van der Waals surface area contributed by atoms with Crippen LogP contribution in [0.2, 0.25) is 0 Å². The summed E-state index contributed by atoms with van der Waals surface area (Å²) in [6.07, 6.45) is 3.22. The highest BCUT2D eigenvalue weighted by Gasteiger charge is 2.22. The summed E-state index contributed by atoms with van der Waals surface area (Å²) in [4.78, 5) is 0. The third-order valence-corrected chi connectivity index (χ3v) is 3.85. The van der Waals surface area contributed by atoms with Crippen molar-refractivity contribution in [1.29, 1.82) is 5.41 Å². The van der Waals surface area contributed by atoms with E-state index < -0.39 is 0 Å². The summed E-state index contributed by atoms with van der Waals surface area (Å²) in [5.74, 6) is 0.838. The number of hydrogen-bond donors (Lipinski definition) is 3. The molecule has 5 nitrogen and oxygen atoms in total. The van der Waals surface area contributed by atoms with Gasteiger partial charge in [0.15, 0.2) is 0 Å². The summed E-state index contributed by atoms with van der Waals surface area (Å²) in [7, 11) is 0. The largest absolute Gasteiger partial charge is 0.370 e. The standard InChI is InChI=1S/C16H21N5/c1-10-7-11(2)9-12(8-10)14-13-5-3-4-6-19-15(13)21(20-14)16(17)18/h7-9,19H,3-6H2,1-2H3,(H3,17,18). The second kappa shape index (κ2) is 5.24. The van der Waals surface area contributed by atoms with Crippen molar-refractivity contribution in [2.75, 3.05) is 11.9 Å². The Bertz CT molecular complexity index is 679. The minimum Gasteiger partial charge on any atom is -0.370 e. The zero-order chi connectivity index (χ0) is 15.0. The molecule has 21 heavy (non-hydrogen) atoms. The molecule has 2 aromatic rings. The Balaban J connectivity index is 2.20. The molecule has 0 unspecified atom stereocenters. The van der Waals surface area contributed by atoms with Gasteiger partial charge in [0.2, 0.25) is 5.96 Å². The van der Waals surface area contributed by atoms with Gasteiger partial charge in [-0.1, -0.05) is 17.2 Å². The lowest BCUT2D eigenvalue weighted by Gasteiger charge is -2.06. The van der Waals surface area contributed by atoms with Crippen molar-refractivity contribution in [1.82, 2.24) is 9.78 Å². The molecule has 110 valence electrons. The lowest BCUT2D eigenvalue weighted by molar-refractivity contribution is 0.781. The Morgan fingerprint density at radius 2 is 1.95 bits per heavy atom. The second-order valence-corrected chi connectivity index (χ2v) is 5.73. The fourth-order valence-electron chi connectivity index (χ4n) is 3.02. The number of nitrogen functional groups attached to an aromatic ring is 1. The molecule has 5 heteroatoms. The molecule has 1 aromatic carbocycles. The lowest BCUT2D eigenvalue weighted by atomic mass is 10.00. The van der Waals surface area contributed by atoms with E-state index in [9.17, 15) is 0 Å². The monoisotopic (exact) mass is 283 g/mol. The summed E-state index contributed by atoms with van der Waals surface area (Å²) in [5.41, 5.74) is 11.3. The van der Waals surface area contributed by atoms with Gasteiger partial charge in [0.25, 0.3) is 0 Å². The van der Waals surface area contributed by atoms with Crippen molar-refractivity contribution < 1.29 is 0 Å². The van der Waals surface area contributed by atoms with Crippen molar-refractivity contribution in [2.24, 2.45) is 5.73 Å². The number of fused-ring (bicyclic) bond motifs is 1. The highest BCUT2D eigenvalue weighted by molar-refractivity contribution is 5.84. The number of nitrogens with zero attached hydrogens (tertiary/aromatic N) is 2. The summed E-state index contributed by atoms with van der Waals surface area (Å²) in [5, 5.41) is 15.7. The van der Waals surface area contributed by atoms with Crippen LogP contribution in [0.3, 0.4) is 0 Å². The molecular weight excluding hydrogens is 262 g/mol. The molecule has 1 aliphatic rings.